The molecule has 1 amide bonds. The highest BCUT2D eigenvalue weighted by Gasteiger charge is 2.31. The van der Waals surface area contributed by atoms with Crippen LogP contribution in [0.3, 0.4) is 0 Å². The van der Waals surface area contributed by atoms with Crippen molar-refractivity contribution in [3.63, 3.8) is 0 Å². The molecule has 3 heterocycles. The third-order valence-electron chi connectivity index (χ3n) is 6.55. The summed E-state index contributed by atoms with van der Waals surface area (Å²) >= 11 is 1.81. The van der Waals surface area contributed by atoms with E-state index in [2.05, 4.69) is 18.8 Å². The number of carbonyl (C=O) groups is 2. The zero-order valence-corrected chi connectivity index (χ0v) is 19.2. The number of ketones is 1. The Morgan fingerprint density at radius 3 is 2.60 bits per heavy atom. The van der Waals surface area contributed by atoms with Crippen LogP contribution in [0, 0.1) is 26.7 Å². The number of hydrogen-bond donors (Lipinski definition) is 0. The van der Waals surface area contributed by atoms with Gasteiger partial charge in [-0.2, -0.15) is 0 Å². The maximum absolute atomic E-state index is 13.4. The van der Waals surface area contributed by atoms with Gasteiger partial charge in [0.05, 0.1) is 19.2 Å². The zero-order valence-electron chi connectivity index (χ0n) is 18.3. The van der Waals surface area contributed by atoms with E-state index in [-0.39, 0.29) is 5.91 Å². The second-order valence-electron chi connectivity index (χ2n) is 8.68. The molecule has 0 aromatic carbocycles. The molecule has 2 aliphatic rings. The van der Waals surface area contributed by atoms with Gasteiger partial charge in [0.2, 0.25) is 5.88 Å². The Labute approximate surface area is 182 Å². The molecule has 1 fully saturated rings. The van der Waals surface area contributed by atoms with Crippen molar-refractivity contribution >= 4 is 23.0 Å². The number of carbonyl (C=O) groups excluding carboxylic acids is 2. The minimum absolute atomic E-state index is 0.122. The molecule has 0 unspecified atom stereocenters. The van der Waals surface area contributed by atoms with Gasteiger partial charge in [0, 0.05) is 46.8 Å². The van der Waals surface area contributed by atoms with E-state index in [4.69, 9.17) is 4.74 Å². The van der Waals surface area contributed by atoms with Crippen molar-refractivity contribution < 1.29 is 14.3 Å². The van der Waals surface area contributed by atoms with E-state index >= 15 is 0 Å². The van der Waals surface area contributed by atoms with E-state index in [1.165, 1.54) is 9.75 Å². The second-order valence-corrected chi connectivity index (χ2v) is 9.87. The number of hydrogen-bond acceptors (Lipinski definition) is 5. The third kappa shape index (κ3) is 4.02. The molecule has 1 aliphatic heterocycles. The predicted molar refractivity (Wildman–Crippen MR) is 118 cm³/mol. The molecule has 2 aromatic rings. The van der Waals surface area contributed by atoms with Gasteiger partial charge in [-0.25, -0.2) is 4.98 Å². The van der Waals surface area contributed by atoms with Gasteiger partial charge in [0.25, 0.3) is 5.91 Å². The van der Waals surface area contributed by atoms with Gasteiger partial charge < -0.3 is 9.64 Å². The molecule has 30 heavy (non-hydrogen) atoms. The number of methoxy groups -OCH3 is 1. The molecule has 1 saturated carbocycles. The number of Topliss-reactive ketones (excluding diaryl/α,β-unsaturated/α-hetero) is 1. The van der Waals surface area contributed by atoms with Crippen LogP contribution < -0.4 is 4.74 Å². The zero-order chi connectivity index (χ0) is 21.4. The van der Waals surface area contributed by atoms with Gasteiger partial charge in [-0.15, -0.1) is 11.3 Å². The van der Waals surface area contributed by atoms with Gasteiger partial charge in [-0.1, -0.05) is 0 Å². The summed E-state index contributed by atoms with van der Waals surface area (Å²) in [5, 5.41) is 0. The van der Waals surface area contributed by atoms with Crippen molar-refractivity contribution in [2.45, 2.75) is 65.8 Å². The lowest BCUT2D eigenvalue weighted by Gasteiger charge is -2.28. The van der Waals surface area contributed by atoms with E-state index in [0.717, 1.165) is 60.2 Å². The maximum Gasteiger partial charge on any atom is 0.255 e. The van der Waals surface area contributed by atoms with Crippen molar-refractivity contribution in [3.8, 4) is 5.88 Å². The number of aryl methyl sites for hydroxylation is 2. The number of fused-ring (bicyclic) bond motifs is 1. The highest BCUT2D eigenvalue weighted by atomic mass is 32.1. The first-order chi connectivity index (χ1) is 14.4. The molecule has 0 radical (unpaired) electrons. The third-order valence-corrected chi connectivity index (χ3v) is 7.92. The van der Waals surface area contributed by atoms with Crippen LogP contribution >= 0.6 is 11.3 Å². The average Bonchev–Trinajstić information content (AvgIpc) is 3.03. The normalized spacial score (nSPS) is 17.4. The van der Waals surface area contributed by atoms with Crippen LogP contribution in [0.2, 0.25) is 0 Å². The summed E-state index contributed by atoms with van der Waals surface area (Å²) in [6, 6.07) is 2.04. The van der Waals surface area contributed by atoms with E-state index in [1.807, 2.05) is 29.2 Å². The second kappa shape index (κ2) is 8.50. The Balaban J connectivity index is 1.54. The van der Waals surface area contributed by atoms with Crippen LogP contribution in [-0.4, -0.2) is 35.2 Å². The van der Waals surface area contributed by atoms with E-state index in [9.17, 15) is 9.59 Å². The highest BCUT2D eigenvalue weighted by molar-refractivity contribution is 7.12. The molecular formula is C24H30N2O3S. The number of ether oxygens (including phenoxy) is 1. The summed E-state index contributed by atoms with van der Waals surface area (Å²) in [5.41, 5.74) is 5.06. The Kier molecular flexibility index (Phi) is 5.96. The smallest absolute Gasteiger partial charge is 0.255 e. The van der Waals surface area contributed by atoms with Crippen LogP contribution in [0.1, 0.15) is 68.2 Å². The Morgan fingerprint density at radius 1 is 1.17 bits per heavy atom. The van der Waals surface area contributed by atoms with Gasteiger partial charge >= 0.3 is 0 Å². The first-order valence-electron chi connectivity index (χ1n) is 10.8. The summed E-state index contributed by atoms with van der Waals surface area (Å²) in [6.07, 6.45) is 5.30. The van der Waals surface area contributed by atoms with Gasteiger partial charge in [0.1, 0.15) is 5.78 Å². The number of pyridine rings is 1. The summed E-state index contributed by atoms with van der Waals surface area (Å²) in [7, 11) is 1.63. The van der Waals surface area contributed by atoms with Crippen molar-refractivity contribution in [2.24, 2.45) is 5.92 Å². The van der Waals surface area contributed by atoms with Gasteiger partial charge in [-0.05, 0) is 63.1 Å². The predicted octanol–water partition coefficient (Wildman–Crippen LogP) is 4.58. The van der Waals surface area contributed by atoms with Crippen LogP contribution in [0.4, 0.5) is 0 Å². The highest BCUT2D eigenvalue weighted by Crippen LogP contribution is 2.37. The molecule has 2 aromatic heterocycles. The fourth-order valence-electron chi connectivity index (χ4n) is 4.77. The largest absolute Gasteiger partial charge is 0.481 e. The summed E-state index contributed by atoms with van der Waals surface area (Å²) in [4.78, 5) is 33.9. The topological polar surface area (TPSA) is 59.5 Å². The molecule has 0 spiro atoms. The SMILES string of the molecule is COc1nc(C)cc(C)c1CN1CCc2sc(CC3CCC(=O)CC3)c(C)c2C1=O. The van der Waals surface area contributed by atoms with Crippen molar-refractivity contribution in [3.05, 3.63) is 43.8 Å². The number of rotatable bonds is 5. The van der Waals surface area contributed by atoms with Crippen LogP contribution in [0.25, 0.3) is 0 Å². The Hall–Kier alpha value is -2.21. The van der Waals surface area contributed by atoms with E-state index in [1.54, 1.807) is 7.11 Å². The number of thiophene rings is 1. The molecule has 6 heteroatoms. The lowest BCUT2D eigenvalue weighted by atomic mass is 9.85. The molecule has 0 atom stereocenters. The van der Waals surface area contributed by atoms with Crippen LogP contribution in [0.15, 0.2) is 6.07 Å². The summed E-state index contributed by atoms with van der Waals surface area (Å²) in [6.45, 7) is 7.35. The minimum Gasteiger partial charge on any atom is -0.481 e. The molecule has 0 bridgehead atoms. The average molecular weight is 427 g/mol. The monoisotopic (exact) mass is 426 g/mol. The van der Waals surface area contributed by atoms with Crippen LogP contribution in [0.5, 0.6) is 5.88 Å². The number of nitrogens with zero attached hydrogens (tertiary/aromatic N) is 2. The fourth-order valence-corrected chi connectivity index (χ4v) is 6.18. The maximum atomic E-state index is 13.4. The van der Waals surface area contributed by atoms with E-state index in [0.29, 0.717) is 37.0 Å². The molecule has 0 saturated heterocycles. The fraction of sp³-hybridized carbons (Fsp3) is 0.542. The first kappa shape index (κ1) is 21.0. The van der Waals surface area contributed by atoms with Crippen molar-refractivity contribution in [2.75, 3.05) is 13.7 Å². The quantitative estimate of drug-likeness (QED) is 0.702. The molecule has 0 N–H and O–H groups in total. The lowest BCUT2D eigenvalue weighted by Crippen LogP contribution is -2.37. The van der Waals surface area contributed by atoms with Crippen molar-refractivity contribution in [1.82, 2.24) is 9.88 Å². The lowest BCUT2D eigenvalue weighted by molar-refractivity contribution is -0.120. The molecular weight excluding hydrogens is 396 g/mol. The Bertz CT molecular complexity index is 985. The summed E-state index contributed by atoms with van der Waals surface area (Å²) in [5.74, 6) is 1.70. The molecule has 160 valence electrons. The minimum atomic E-state index is 0.122. The number of aromatic nitrogens is 1. The first-order valence-corrected chi connectivity index (χ1v) is 11.6. The summed E-state index contributed by atoms with van der Waals surface area (Å²) < 4.78 is 5.50. The molecule has 5 nitrogen and oxygen atoms in total. The van der Waals surface area contributed by atoms with Crippen LogP contribution in [-0.2, 0) is 24.2 Å². The number of amides is 1. The van der Waals surface area contributed by atoms with E-state index < -0.39 is 0 Å². The van der Waals surface area contributed by atoms with Gasteiger partial charge in [0.15, 0.2) is 0 Å². The molecule has 4 rings (SSSR count). The van der Waals surface area contributed by atoms with Gasteiger partial charge in [-0.3, -0.25) is 9.59 Å². The van der Waals surface area contributed by atoms with Crippen molar-refractivity contribution in [1.29, 1.82) is 0 Å². The Morgan fingerprint density at radius 2 is 1.90 bits per heavy atom. The standard InChI is InChI=1S/C24H30N2O3S/c1-14-11-15(2)25-23(29-4)19(14)13-26-10-9-20-22(24(26)28)16(3)21(30-20)12-17-5-7-18(27)8-6-17/h11,17H,5-10,12-13H2,1-4H3. The molecule has 1 aliphatic carbocycles.